The minimum atomic E-state index is -0.158. The van der Waals surface area contributed by atoms with Gasteiger partial charge in [0.15, 0.2) is 0 Å². The maximum absolute atomic E-state index is 11.0. The van der Waals surface area contributed by atoms with Gasteiger partial charge in [0.2, 0.25) is 0 Å². The Morgan fingerprint density at radius 1 is 1.38 bits per heavy atom. The second kappa shape index (κ2) is 6.16. The van der Waals surface area contributed by atoms with Gasteiger partial charge in [0.1, 0.15) is 5.75 Å². The number of methoxy groups -OCH3 is 2. The Bertz CT molecular complexity index is 347. The minimum absolute atomic E-state index is 0.158. The van der Waals surface area contributed by atoms with Gasteiger partial charge in [-0.25, -0.2) is 0 Å². The number of esters is 1. The van der Waals surface area contributed by atoms with E-state index < -0.39 is 0 Å². The molecule has 0 radical (unpaired) electrons. The quantitative estimate of drug-likeness (QED) is 0.719. The lowest BCUT2D eigenvalue weighted by atomic mass is 9.96. The summed E-state index contributed by atoms with van der Waals surface area (Å²) >= 11 is 0. The minimum Gasteiger partial charge on any atom is -0.497 e. The monoisotopic (exact) mass is 222 g/mol. The van der Waals surface area contributed by atoms with Gasteiger partial charge in [0, 0.05) is 6.42 Å². The lowest BCUT2D eigenvalue weighted by Crippen LogP contribution is -2.03. The molecular weight excluding hydrogens is 204 g/mol. The largest absolute Gasteiger partial charge is 0.497 e. The zero-order valence-electron chi connectivity index (χ0n) is 10.0. The topological polar surface area (TPSA) is 35.5 Å². The summed E-state index contributed by atoms with van der Waals surface area (Å²) in [5.74, 6) is 1.02. The average molecular weight is 222 g/mol. The predicted octanol–water partition coefficient (Wildman–Crippen LogP) is 2.75. The Hall–Kier alpha value is -1.51. The number of carbonyl (C=O) groups excluding carboxylic acids is 1. The van der Waals surface area contributed by atoms with Crippen molar-refractivity contribution in [2.45, 2.75) is 25.7 Å². The summed E-state index contributed by atoms with van der Waals surface area (Å²) in [7, 11) is 3.07. The molecule has 0 spiro atoms. The van der Waals surface area contributed by atoms with Crippen LogP contribution in [0.5, 0.6) is 5.75 Å². The highest BCUT2D eigenvalue weighted by atomic mass is 16.5. The smallest absolute Gasteiger partial charge is 0.305 e. The molecule has 0 aliphatic heterocycles. The summed E-state index contributed by atoms with van der Waals surface area (Å²) in [6.45, 7) is 2.09. The first kappa shape index (κ1) is 12.6. The molecule has 0 heterocycles. The van der Waals surface area contributed by atoms with Gasteiger partial charge in [0.05, 0.1) is 14.2 Å². The molecule has 1 aromatic carbocycles. The third kappa shape index (κ3) is 3.57. The number of rotatable bonds is 5. The van der Waals surface area contributed by atoms with Gasteiger partial charge in [-0.15, -0.1) is 0 Å². The molecule has 1 rings (SSSR count). The molecule has 0 saturated carbocycles. The third-order valence-corrected chi connectivity index (χ3v) is 2.67. The molecule has 0 bridgehead atoms. The van der Waals surface area contributed by atoms with Crippen molar-refractivity contribution in [2.24, 2.45) is 0 Å². The zero-order chi connectivity index (χ0) is 12.0. The molecule has 0 aromatic heterocycles. The first-order chi connectivity index (χ1) is 7.67. The van der Waals surface area contributed by atoms with Crippen molar-refractivity contribution in [2.75, 3.05) is 14.2 Å². The van der Waals surface area contributed by atoms with Crippen molar-refractivity contribution in [3.05, 3.63) is 29.8 Å². The molecule has 3 heteroatoms. The number of hydrogen-bond acceptors (Lipinski definition) is 3. The molecule has 1 aromatic rings. The van der Waals surface area contributed by atoms with Gasteiger partial charge < -0.3 is 9.47 Å². The van der Waals surface area contributed by atoms with Crippen LogP contribution in [0.2, 0.25) is 0 Å². The summed E-state index contributed by atoms with van der Waals surface area (Å²) < 4.78 is 9.78. The molecule has 1 atom stereocenters. The summed E-state index contributed by atoms with van der Waals surface area (Å²) in [6, 6.07) is 7.92. The van der Waals surface area contributed by atoms with E-state index in [0.717, 1.165) is 12.2 Å². The van der Waals surface area contributed by atoms with Crippen LogP contribution in [0.3, 0.4) is 0 Å². The standard InChI is InChI=1S/C13H18O3/c1-10(7-8-13(14)16-3)11-5-4-6-12(9-11)15-2/h4-6,9-10H,7-8H2,1-3H3. The first-order valence-corrected chi connectivity index (χ1v) is 5.38. The highest BCUT2D eigenvalue weighted by Gasteiger charge is 2.09. The molecule has 88 valence electrons. The molecule has 3 nitrogen and oxygen atoms in total. The fraction of sp³-hybridized carbons (Fsp3) is 0.462. The van der Waals surface area contributed by atoms with Gasteiger partial charge in [-0.05, 0) is 30.0 Å². The maximum atomic E-state index is 11.0. The third-order valence-electron chi connectivity index (χ3n) is 2.67. The van der Waals surface area contributed by atoms with Crippen LogP contribution < -0.4 is 4.74 Å². The van der Waals surface area contributed by atoms with Gasteiger partial charge in [-0.3, -0.25) is 4.79 Å². The summed E-state index contributed by atoms with van der Waals surface area (Å²) in [5, 5.41) is 0. The number of ether oxygens (including phenoxy) is 2. The second-order valence-electron chi connectivity index (χ2n) is 3.79. The number of hydrogen-bond donors (Lipinski definition) is 0. The highest BCUT2D eigenvalue weighted by molar-refractivity contribution is 5.69. The van der Waals surface area contributed by atoms with Crippen LogP contribution >= 0.6 is 0 Å². The predicted molar refractivity (Wildman–Crippen MR) is 62.7 cm³/mol. The Morgan fingerprint density at radius 2 is 2.12 bits per heavy atom. The van der Waals surface area contributed by atoms with Crippen LogP contribution in [0.4, 0.5) is 0 Å². The zero-order valence-corrected chi connectivity index (χ0v) is 10.0. The Balaban J connectivity index is 2.58. The van der Waals surface area contributed by atoms with E-state index in [1.54, 1.807) is 7.11 Å². The molecule has 0 fully saturated rings. The van der Waals surface area contributed by atoms with E-state index >= 15 is 0 Å². The van der Waals surface area contributed by atoms with Crippen LogP contribution in [-0.2, 0) is 9.53 Å². The summed E-state index contributed by atoms with van der Waals surface area (Å²) in [4.78, 5) is 11.0. The van der Waals surface area contributed by atoms with E-state index in [2.05, 4.69) is 11.7 Å². The van der Waals surface area contributed by atoms with Gasteiger partial charge >= 0.3 is 5.97 Å². The van der Waals surface area contributed by atoms with Crippen LogP contribution in [0.25, 0.3) is 0 Å². The van der Waals surface area contributed by atoms with E-state index in [0.29, 0.717) is 12.3 Å². The lowest BCUT2D eigenvalue weighted by Gasteiger charge is -2.12. The van der Waals surface area contributed by atoms with E-state index in [1.807, 2.05) is 24.3 Å². The molecule has 16 heavy (non-hydrogen) atoms. The molecule has 0 aliphatic carbocycles. The van der Waals surface area contributed by atoms with Crippen LogP contribution in [0, 0.1) is 0 Å². The van der Waals surface area contributed by atoms with Crippen molar-refractivity contribution in [3.63, 3.8) is 0 Å². The van der Waals surface area contributed by atoms with Gasteiger partial charge in [-0.2, -0.15) is 0 Å². The molecule has 0 saturated heterocycles. The van der Waals surface area contributed by atoms with Crippen molar-refractivity contribution in [3.8, 4) is 5.75 Å². The van der Waals surface area contributed by atoms with E-state index in [4.69, 9.17) is 4.74 Å². The normalized spacial score (nSPS) is 11.9. The van der Waals surface area contributed by atoms with Crippen LogP contribution in [0.15, 0.2) is 24.3 Å². The SMILES string of the molecule is COC(=O)CCC(C)c1cccc(OC)c1. The summed E-state index contributed by atoms with van der Waals surface area (Å²) in [6.07, 6.45) is 1.24. The molecular formula is C13H18O3. The highest BCUT2D eigenvalue weighted by Crippen LogP contribution is 2.24. The van der Waals surface area contributed by atoms with Crippen molar-refractivity contribution >= 4 is 5.97 Å². The van der Waals surface area contributed by atoms with Crippen LogP contribution in [0.1, 0.15) is 31.2 Å². The fourth-order valence-corrected chi connectivity index (χ4v) is 1.55. The Kier molecular flexibility index (Phi) is 4.83. The molecule has 0 N–H and O–H groups in total. The Morgan fingerprint density at radius 3 is 2.75 bits per heavy atom. The van der Waals surface area contributed by atoms with Crippen molar-refractivity contribution in [1.82, 2.24) is 0 Å². The number of carbonyl (C=O) groups is 1. The molecule has 0 aliphatic rings. The maximum Gasteiger partial charge on any atom is 0.305 e. The molecule has 0 amide bonds. The van der Waals surface area contributed by atoms with E-state index in [1.165, 1.54) is 12.7 Å². The first-order valence-electron chi connectivity index (χ1n) is 5.38. The van der Waals surface area contributed by atoms with Crippen molar-refractivity contribution < 1.29 is 14.3 Å². The second-order valence-corrected chi connectivity index (χ2v) is 3.79. The fourth-order valence-electron chi connectivity index (χ4n) is 1.55. The Labute approximate surface area is 96.4 Å². The van der Waals surface area contributed by atoms with E-state index in [-0.39, 0.29) is 5.97 Å². The lowest BCUT2D eigenvalue weighted by molar-refractivity contribution is -0.140. The van der Waals surface area contributed by atoms with E-state index in [9.17, 15) is 4.79 Å². The van der Waals surface area contributed by atoms with Gasteiger partial charge in [0.25, 0.3) is 0 Å². The van der Waals surface area contributed by atoms with Gasteiger partial charge in [-0.1, -0.05) is 19.1 Å². The summed E-state index contributed by atoms with van der Waals surface area (Å²) in [5.41, 5.74) is 1.18. The average Bonchev–Trinajstić information content (AvgIpc) is 2.35. The molecule has 1 unspecified atom stereocenters. The number of benzene rings is 1. The van der Waals surface area contributed by atoms with Crippen LogP contribution in [-0.4, -0.2) is 20.2 Å². The van der Waals surface area contributed by atoms with Crippen molar-refractivity contribution in [1.29, 1.82) is 0 Å².